The molecule has 1 saturated heterocycles. The number of thiophene rings is 1. The Hall–Kier alpha value is -1.69. The van der Waals surface area contributed by atoms with E-state index in [0.29, 0.717) is 27.9 Å². The Bertz CT molecular complexity index is 652. The molecule has 6 heteroatoms. The van der Waals surface area contributed by atoms with Gasteiger partial charge in [0.05, 0.1) is 5.69 Å². The minimum absolute atomic E-state index is 0.0236. The largest absolute Gasteiger partial charge is 0.396 e. The first-order valence-electron chi connectivity index (χ1n) is 6.86. The van der Waals surface area contributed by atoms with Gasteiger partial charge in [-0.3, -0.25) is 4.79 Å². The van der Waals surface area contributed by atoms with Crippen molar-refractivity contribution in [3.05, 3.63) is 17.3 Å². The third-order valence-electron chi connectivity index (χ3n) is 4.01. The molecular formula is C14H18N4OS. The van der Waals surface area contributed by atoms with Gasteiger partial charge >= 0.3 is 0 Å². The average Bonchev–Trinajstić information content (AvgIpc) is 3.04. The van der Waals surface area contributed by atoms with Crippen molar-refractivity contribution >= 4 is 33.3 Å². The van der Waals surface area contributed by atoms with E-state index in [9.17, 15) is 4.79 Å². The third-order valence-corrected chi connectivity index (χ3v) is 5.10. The van der Waals surface area contributed by atoms with E-state index in [2.05, 4.69) is 23.8 Å². The van der Waals surface area contributed by atoms with Gasteiger partial charge in [0, 0.05) is 25.5 Å². The number of aromatic nitrogens is 2. The molecule has 20 heavy (non-hydrogen) atoms. The third kappa shape index (κ3) is 2.14. The van der Waals surface area contributed by atoms with Gasteiger partial charge in [0.2, 0.25) is 0 Å². The van der Waals surface area contributed by atoms with E-state index in [1.54, 1.807) is 12.4 Å². The predicted octanol–water partition coefficient (Wildman–Crippen LogP) is 2.39. The van der Waals surface area contributed by atoms with Gasteiger partial charge in [-0.05, 0) is 18.3 Å². The summed E-state index contributed by atoms with van der Waals surface area (Å²) in [5.74, 6) is 1.22. The maximum absolute atomic E-state index is 12.6. The molecule has 106 valence electrons. The lowest BCUT2D eigenvalue weighted by atomic mass is 9.95. The summed E-state index contributed by atoms with van der Waals surface area (Å²) in [4.78, 5) is 24.2. The van der Waals surface area contributed by atoms with E-state index >= 15 is 0 Å². The highest BCUT2D eigenvalue weighted by Gasteiger charge is 2.31. The van der Waals surface area contributed by atoms with Crippen molar-refractivity contribution in [3.63, 3.8) is 0 Å². The Morgan fingerprint density at radius 1 is 1.45 bits per heavy atom. The molecule has 1 amide bonds. The van der Waals surface area contributed by atoms with Crippen LogP contribution in [0.1, 0.15) is 29.9 Å². The maximum atomic E-state index is 12.6. The van der Waals surface area contributed by atoms with Gasteiger partial charge in [-0.25, -0.2) is 9.97 Å². The first-order valence-corrected chi connectivity index (χ1v) is 7.68. The first kappa shape index (κ1) is 13.3. The van der Waals surface area contributed by atoms with Crippen LogP contribution in [-0.4, -0.2) is 33.9 Å². The summed E-state index contributed by atoms with van der Waals surface area (Å²) in [6.07, 6.45) is 4.30. The van der Waals surface area contributed by atoms with Crippen molar-refractivity contribution in [1.82, 2.24) is 14.9 Å². The highest BCUT2D eigenvalue weighted by molar-refractivity contribution is 7.21. The van der Waals surface area contributed by atoms with Crippen molar-refractivity contribution in [2.24, 2.45) is 11.8 Å². The van der Waals surface area contributed by atoms with E-state index in [0.717, 1.165) is 24.3 Å². The van der Waals surface area contributed by atoms with Crippen LogP contribution in [0.3, 0.4) is 0 Å². The molecule has 1 unspecified atom stereocenters. The maximum Gasteiger partial charge on any atom is 0.266 e. The number of nitrogen functional groups attached to an aromatic ring is 1. The van der Waals surface area contributed by atoms with Crippen LogP contribution in [0, 0.1) is 11.8 Å². The molecule has 2 aromatic heterocycles. The Balaban J connectivity index is 1.88. The molecule has 1 aliphatic rings. The van der Waals surface area contributed by atoms with Crippen LogP contribution < -0.4 is 5.73 Å². The summed E-state index contributed by atoms with van der Waals surface area (Å²) in [5, 5.41) is 0. The molecule has 2 N–H and O–H groups in total. The molecule has 1 atom stereocenters. The Labute approximate surface area is 121 Å². The van der Waals surface area contributed by atoms with Crippen LogP contribution in [0.5, 0.6) is 0 Å². The minimum Gasteiger partial charge on any atom is -0.396 e. The molecule has 0 bridgehead atoms. The molecule has 0 saturated carbocycles. The molecule has 0 radical (unpaired) electrons. The van der Waals surface area contributed by atoms with Crippen LogP contribution in [-0.2, 0) is 0 Å². The fourth-order valence-electron chi connectivity index (χ4n) is 2.66. The SMILES string of the molecule is CC(C)C1CCN(C(=O)c2sc3nccnc3c2N)C1. The van der Waals surface area contributed by atoms with Crippen molar-refractivity contribution in [2.45, 2.75) is 20.3 Å². The highest BCUT2D eigenvalue weighted by atomic mass is 32.1. The van der Waals surface area contributed by atoms with Gasteiger partial charge in [0.15, 0.2) is 0 Å². The first-order chi connectivity index (χ1) is 9.58. The molecule has 0 aliphatic carbocycles. The van der Waals surface area contributed by atoms with Crippen molar-refractivity contribution in [1.29, 1.82) is 0 Å². The van der Waals surface area contributed by atoms with Gasteiger partial charge in [-0.1, -0.05) is 13.8 Å². The number of rotatable bonds is 2. The topological polar surface area (TPSA) is 72.1 Å². The zero-order valence-electron chi connectivity index (χ0n) is 11.7. The smallest absolute Gasteiger partial charge is 0.266 e. The summed E-state index contributed by atoms with van der Waals surface area (Å²) in [7, 11) is 0. The fourth-order valence-corrected chi connectivity index (χ4v) is 3.65. The normalized spacial score (nSPS) is 19.1. The number of amides is 1. The number of fused-ring (bicyclic) bond motifs is 1. The number of hydrogen-bond donors (Lipinski definition) is 1. The molecule has 0 spiro atoms. The van der Waals surface area contributed by atoms with Gasteiger partial charge < -0.3 is 10.6 Å². The van der Waals surface area contributed by atoms with Gasteiger partial charge in [0.1, 0.15) is 15.2 Å². The fraction of sp³-hybridized carbons (Fsp3) is 0.500. The van der Waals surface area contributed by atoms with Crippen molar-refractivity contribution in [3.8, 4) is 0 Å². The second-order valence-corrected chi connectivity index (χ2v) is 6.60. The summed E-state index contributed by atoms with van der Waals surface area (Å²) in [6, 6.07) is 0. The lowest BCUT2D eigenvalue weighted by Crippen LogP contribution is -2.29. The monoisotopic (exact) mass is 290 g/mol. The summed E-state index contributed by atoms with van der Waals surface area (Å²) in [5.41, 5.74) is 7.17. The Morgan fingerprint density at radius 3 is 2.85 bits per heavy atom. The van der Waals surface area contributed by atoms with Crippen LogP contribution in [0.25, 0.3) is 10.3 Å². The van der Waals surface area contributed by atoms with Gasteiger partial charge in [-0.15, -0.1) is 11.3 Å². The number of anilines is 1. The molecule has 3 rings (SSSR count). The average molecular weight is 290 g/mol. The zero-order chi connectivity index (χ0) is 14.3. The number of carbonyl (C=O) groups excluding carboxylic acids is 1. The summed E-state index contributed by atoms with van der Waals surface area (Å²) < 4.78 is 0. The van der Waals surface area contributed by atoms with Crippen molar-refractivity contribution in [2.75, 3.05) is 18.8 Å². The number of carbonyl (C=O) groups is 1. The van der Waals surface area contributed by atoms with Crippen LogP contribution in [0.2, 0.25) is 0 Å². The van der Waals surface area contributed by atoms with Gasteiger partial charge in [-0.2, -0.15) is 0 Å². The van der Waals surface area contributed by atoms with Crippen LogP contribution in [0.4, 0.5) is 5.69 Å². The molecule has 2 aromatic rings. The quantitative estimate of drug-likeness (QED) is 0.921. The number of likely N-dealkylation sites (tertiary alicyclic amines) is 1. The van der Waals surface area contributed by atoms with E-state index in [-0.39, 0.29) is 5.91 Å². The van der Waals surface area contributed by atoms with E-state index in [1.165, 1.54) is 11.3 Å². The Morgan fingerprint density at radius 2 is 2.20 bits per heavy atom. The van der Waals surface area contributed by atoms with E-state index < -0.39 is 0 Å². The van der Waals surface area contributed by atoms with Crippen LogP contribution >= 0.6 is 11.3 Å². The van der Waals surface area contributed by atoms with Gasteiger partial charge in [0.25, 0.3) is 5.91 Å². The van der Waals surface area contributed by atoms with Crippen LogP contribution in [0.15, 0.2) is 12.4 Å². The zero-order valence-corrected chi connectivity index (χ0v) is 12.5. The minimum atomic E-state index is 0.0236. The molecule has 1 aliphatic heterocycles. The lowest BCUT2D eigenvalue weighted by molar-refractivity contribution is 0.0790. The number of hydrogen-bond acceptors (Lipinski definition) is 5. The second-order valence-electron chi connectivity index (χ2n) is 5.60. The molecular weight excluding hydrogens is 272 g/mol. The van der Waals surface area contributed by atoms with Crippen molar-refractivity contribution < 1.29 is 4.79 Å². The lowest BCUT2D eigenvalue weighted by Gasteiger charge is -2.17. The summed E-state index contributed by atoms with van der Waals surface area (Å²) in [6.45, 7) is 6.06. The standard InChI is InChI=1S/C14H18N4OS/c1-8(2)9-3-6-18(7-9)14(19)12-10(15)11-13(20-12)17-5-4-16-11/h4-5,8-9H,3,6-7,15H2,1-2H3. The van der Waals surface area contributed by atoms with E-state index in [4.69, 9.17) is 5.73 Å². The predicted molar refractivity (Wildman–Crippen MR) is 80.7 cm³/mol. The molecule has 5 nitrogen and oxygen atoms in total. The Kier molecular flexibility index (Phi) is 3.33. The second kappa shape index (κ2) is 5.01. The molecule has 0 aromatic carbocycles. The van der Waals surface area contributed by atoms with E-state index in [1.807, 2.05) is 4.90 Å². The summed E-state index contributed by atoms with van der Waals surface area (Å²) >= 11 is 1.34. The highest BCUT2D eigenvalue weighted by Crippen LogP contribution is 2.33. The number of nitrogens with two attached hydrogens (primary N) is 1. The molecule has 3 heterocycles. The molecule has 1 fully saturated rings. The number of nitrogens with zero attached hydrogens (tertiary/aromatic N) is 3.